The number of allylic oxidation sites excluding steroid dienone is 1. The lowest BCUT2D eigenvalue weighted by Gasteiger charge is -2.08. The van der Waals surface area contributed by atoms with Crippen LogP contribution in [-0.4, -0.2) is 11.7 Å². The normalized spacial score (nSPS) is 11.7. The summed E-state index contributed by atoms with van der Waals surface area (Å²) in [7, 11) is 0. The van der Waals surface area contributed by atoms with Gasteiger partial charge in [0.2, 0.25) is 5.91 Å². The van der Waals surface area contributed by atoms with Gasteiger partial charge in [0.15, 0.2) is 5.78 Å². The molecule has 5 heteroatoms. The quantitative estimate of drug-likeness (QED) is 0.689. The van der Waals surface area contributed by atoms with Crippen molar-refractivity contribution in [3.63, 3.8) is 0 Å². The Morgan fingerprint density at radius 2 is 1.96 bits per heavy atom. The van der Waals surface area contributed by atoms with Crippen molar-refractivity contribution in [3.8, 4) is 0 Å². The third-order valence-corrected chi connectivity index (χ3v) is 4.28. The van der Waals surface area contributed by atoms with E-state index in [1.54, 1.807) is 24.3 Å². The Balaban J connectivity index is 2.14. The Morgan fingerprint density at radius 1 is 1.20 bits per heavy atom. The highest BCUT2D eigenvalue weighted by atomic mass is 32.1. The number of hydrogen-bond donors (Lipinski definition) is 1. The Labute approximate surface area is 150 Å². The Morgan fingerprint density at radius 3 is 2.60 bits per heavy atom. The summed E-state index contributed by atoms with van der Waals surface area (Å²) in [6, 6.07) is 9.57. The monoisotopic (exact) mass is 357 g/mol. The molecular formula is C20H20FNO2S. The smallest absolute Gasteiger partial charge is 0.248 e. The molecule has 1 N–H and O–H groups in total. The van der Waals surface area contributed by atoms with Crippen LogP contribution < -0.4 is 5.32 Å². The topological polar surface area (TPSA) is 46.2 Å². The first-order valence-electron chi connectivity index (χ1n) is 8.11. The van der Waals surface area contributed by atoms with Crippen molar-refractivity contribution in [2.24, 2.45) is 0 Å². The van der Waals surface area contributed by atoms with Crippen LogP contribution in [0.3, 0.4) is 0 Å². The molecule has 0 bridgehead atoms. The number of thiophene rings is 1. The number of halogens is 1. The Hall–Kier alpha value is -2.53. The van der Waals surface area contributed by atoms with Gasteiger partial charge in [-0.2, -0.15) is 0 Å². The van der Waals surface area contributed by atoms with Gasteiger partial charge in [0.1, 0.15) is 5.82 Å². The average molecular weight is 357 g/mol. The van der Waals surface area contributed by atoms with Crippen LogP contribution in [0.15, 0.2) is 53.6 Å². The molecule has 1 aromatic heterocycles. The van der Waals surface area contributed by atoms with E-state index in [2.05, 4.69) is 5.32 Å². The van der Waals surface area contributed by atoms with Crippen LogP contribution in [0.2, 0.25) is 0 Å². The number of rotatable bonds is 8. The first-order chi connectivity index (χ1) is 12.1. The summed E-state index contributed by atoms with van der Waals surface area (Å²) in [4.78, 5) is 25.4. The van der Waals surface area contributed by atoms with Crippen molar-refractivity contribution in [2.75, 3.05) is 0 Å². The lowest BCUT2D eigenvalue weighted by Crippen LogP contribution is -2.25. The first kappa shape index (κ1) is 18.8. The Kier molecular flexibility index (Phi) is 7.29. The van der Waals surface area contributed by atoms with Crippen LogP contribution in [0, 0.1) is 5.82 Å². The second-order valence-corrected chi connectivity index (χ2v) is 6.45. The maximum Gasteiger partial charge on any atom is 0.248 e. The molecule has 0 aliphatic carbocycles. The number of hydrogen-bond acceptors (Lipinski definition) is 3. The Bertz CT molecular complexity index is 762. The summed E-state index contributed by atoms with van der Waals surface area (Å²) in [6.07, 6.45) is 6.68. The largest absolute Gasteiger partial charge is 0.319 e. The molecule has 1 aromatic carbocycles. The molecule has 0 unspecified atom stereocenters. The summed E-state index contributed by atoms with van der Waals surface area (Å²) in [5.41, 5.74) is 0.879. The highest BCUT2D eigenvalue weighted by Gasteiger charge is 2.11. The molecule has 0 atom stereocenters. The highest BCUT2D eigenvalue weighted by molar-refractivity contribution is 7.10. The van der Waals surface area contributed by atoms with Gasteiger partial charge in [-0.1, -0.05) is 31.5 Å². The fourth-order valence-corrected chi connectivity index (χ4v) is 2.72. The molecule has 0 saturated carbocycles. The summed E-state index contributed by atoms with van der Waals surface area (Å²) in [5, 5.41) is 4.57. The molecule has 0 radical (unpaired) electrons. The van der Waals surface area contributed by atoms with Gasteiger partial charge in [0, 0.05) is 17.4 Å². The van der Waals surface area contributed by atoms with E-state index in [1.807, 2.05) is 24.4 Å². The van der Waals surface area contributed by atoms with Crippen molar-refractivity contribution in [1.29, 1.82) is 0 Å². The third kappa shape index (κ3) is 6.47. The van der Waals surface area contributed by atoms with E-state index >= 15 is 0 Å². The zero-order chi connectivity index (χ0) is 18.1. The van der Waals surface area contributed by atoms with E-state index in [-0.39, 0.29) is 23.2 Å². The summed E-state index contributed by atoms with van der Waals surface area (Å²) < 4.78 is 13.0. The van der Waals surface area contributed by atoms with Crippen molar-refractivity contribution in [1.82, 2.24) is 5.32 Å². The van der Waals surface area contributed by atoms with Crippen LogP contribution in [0.5, 0.6) is 0 Å². The molecule has 0 aliphatic rings. The van der Waals surface area contributed by atoms with Crippen molar-refractivity contribution >= 4 is 35.2 Å². The molecule has 25 heavy (non-hydrogen) atoms. The summed E-state index contributed by atoms with van der Waals surface area (Å²) >= 11 is 1.52. The number of nitrogens with one attached hydrogen (secondary N) is 1. The zero-order valence-electron chi connectivity index (χ0n) is 14.0. The third-order valence-electron chi connectivity index (χ3n) is 3.44. The van der Waals surface area contributed by atoms with Gasteiger partial charge >= 0.3 is 0 Å². The minimum Gasteiger partial charge on any atom is -0.319 e. The zero-order valence-corrected chi connectivity index (χ0v) is 14.8. The SMILES string of the molecule is CCCCC(=O)/C(=C/c1ccc(F)cc1)NC(=O)/C=C/c1cccs1. The molecule has 1 heterocycles. The van der Waals surface area contributed by atoms with Crippen molar-refractivity contribution in [3.05, 3.63) is 69.8 Å². The minimum atomic E-state index is -0.369. The van der Waals surface area contributed by atoms with Crippen molar-refractivity contribution in [2.45, 2.75) is 26.2 Å². The lowest BCUT2D eigenvalue weighted by atomic mass is 10.1. The second kappa shape index (κ2) is 9.69. The lowest BCUT2D eigenvalue weighted by molar-refractivity contribution is -0.120. The molecule has 3 nitrogen and oxygen atoms in total. The number of unbranched alkanes of at least 4 members (excludes halogenated alkanes) is 1. The van der Waals surface area contributed by atoms with Crippen LogP contribution in [0.4, 0.5) is 4.39 Å². The van der Waals surface area contributed by atoms with Gasteiger partial charge in [-0.05, 0) is 47.7 Å². The van der Waals surface area contributed by atoms with E-state index in [1.165, 1.54) is 29.5 Å². The fourth-order valence-electron chi connectivity index (χ4n) is 2.10. The van der Waals surface area contributed by atoms with Crippen molar-refractivity contribution < 1.29 is 14.0 Å². The van der Waals surface area contributed by atoms with E-state index in [0.29, 0.717) is 12.0 Å². The van der Waals surface area contributed by atoms with Gasteiger partial charge < -0.3 is 5.32 Å². The summed E-state index contributed by atoms with van der Waals surface area (Å²) in [6.45, 7) is 2.00. The van der Waals surface area contributed by atoms with E-state index in [9.17, 15) is 14.0 Å². The van der Waals surface area contributed by atoms with E-state index in [0.717, 1.165) is 17.7 Å². The van der Waals surface area contributed by atoms with Gasteiger partial charge in [-0.25, -0.2) is 4.39 Å². The molecule has 0 fully saturated rings. The molecule has 2 aromatic rings. The molecule has 0 aliphatic heterocycles. The molecule has 2 rings (SSSR count). The van der Waals surface area contributed by atoms with Crippen LogP contribution in [0.1, 0.15) is 36.6 Å². The number of benzene rings is 1. The molecule has 130 valence electrons. The van der Waals surface area contributed by atoms with E-state index in [4.69, 9.17) is 0 Å². The average Bonchev–Trinajstić information content (AvgIpc) is 3.12. The van der Waals surface area contributed by atoms with Crippen LogP contribution in [-0.2, 0) is 9.59 Å². The minimum absolute atomic E-state index is 0.135. The first-order valence-corrected chi connectivity index (χ1v) is 8.99. The maximum absolute atomic E-state index is 13.0. The fraction of sp³-hybridized carbons (Fsp3) is 0.200. The number of carbonyl (C=O) groups excluding carboxylic acids is 2. The molecular weight excluding hydrogens is 337 g/mol. The predicted molar refractivity (Wildman–Crippen MR) is 100 cm³/mol. The van der Waals surface area contributed by atoms with Gasteiger partial charge in [-0.15, -0.1) is 11.3 Å². The molecule has 1 amide bonds. The number of amides is 1. The van der Waals surface area contributed by atoms with Crippen LogP contribution >= 0.6 is 11.3 Å². The second-order valence-electron chi connectivity index (χ2n) is 5.47. The van der Waals surface area contributed by atoms with Gasteiger partial charge in [0.25, 0.3) is 0 Å². The molecule has 0 spiro atoms. The molecule has 0 saturated heterocycles. The standard InChI is InChI=1S/C20H20FNO2S/c1-2-3-6-19(23)18(14-15-7-9-16(21)10-8-15)22-20(24)12-11-17-5-4-13-25-17/h4-5,7-14H,2-3,6H2,1H3,(H,22,24)/b12-11+,18-14-. The van der Waals surface area contributed by atoms with Gasteiger partial charge in [0.05, 0.1) is 5.70 Å². The summed E-state index contributed by atoms with van der Waals surface area (Å²) in [5.74, 6) is -0.852. The number of ketones is 1. The highest BCUT2D eigenvalue weighted by Crippen LogP contribution is 2.12. The van der Waals surface area contributed by atoms with Gasteiger partial charge in [-0.3, -0.25) is 9.59 Å². The number of carbonyl (C=O) groups is 2. The van der Waals surface area contributed by atoms with E-state index < -0.39 is 0 Å². The number of Topliss-reactive ketones (excluding diaryl/α,β-unsaturated/α-hetero) is 1. The predicted octanol–water partition coefficient (Wildman–Crippen LogP) is 4.82. The van der Waals surface area contributed by atoms with Crippen LogP contribution in [0.25, 0.3) is 12.2 Å². The maximum atomic E-state index is 13.0.